The van der Waals surface area contributed by atoms with Crippen LogP contribution in [0.5, 0.6) is 0 Å². The van der Waals surface area contributed by atoms with Gasteiger partial charge in [0.15, 0.2) is 0 Å². The Morgan fingerprint density at radius 2 is 2.36 bits per heavy atom. The molecule has 1 aliphatic carbocycles. The SMILES string of the molecule is O=C1CCCCC[C@@H]1Cn1cncn1. The summed E-state index contributed by atoms with van der Waals surface area (Å²) in [6, 6.07) is 0. The molecule has 0 unspecified atom stereocenters. The van der Waals surface area contributed by atoms with Crippen LogP contribution in [0, 0.1) is 5.92 Å². The van der Waals surface area contributed by atoms with Gasteiger partial charge >= 0.3 is 0 Å². The summed E-state index contributed by atoms with van der Waals surface area (Å²) in [5.41, 5.74) is 0. The van der Waals surface area contributed by atoms with E-state index in [1.807, 2.05) is 0 Å². The van der Waals surface area contributed by atoms with Gasteiger partial charge in [-0.15, -0.1) is 0 Å². The quantitative estimate of drug-likeness (QED) is 0.667. The summed E-state index contributed by atoms with van der Waals surface area (Å²) in [6.07, 6.45) is 8.38. The summed E-state index contributed by atoms with van der Waals surface area (Å²) in [6.45, 7) is 0.707. The van der Waals surface area contributed by atoms with Crippen LogP contribution in [0.2, 0.25) is 0 Å². The molecule has 1 aromatic heterocycles. The van der Waals surface area contributed by atoms with Gasteiger partial charge in [0.2, 0.25) is 0 Å². The number of hydrogen-bond acceptors (Lipinski definition) is 3. The first-order chi connectivity index (χ1) is 6.86. The van der Waals surface area contributed by atoms with Crippen molar-refractivity contribution >= 4 is 5.78 Å². The maximum atomic E-state index is 11.7. The van der Waals surface area contributed by atoms with Gasteiger partial charge in [-0.05, 0) is 12.8 Å². The fourth-order valence-corrected chi connectivity index (χ4v) is 1.98. The summed E-state index contributed by atoms with van der Waals surface area (Å²) in [5, 5.41) is 4.03. The third-order valence-electron chi connectivity index (χ3n) is 2.81. The van der Waals surface area contributed by atoms with Gasteiger partial charge in [-0.25, -0.2) is 4.98 Å². The lowest BCUT2D eigenvalue weighted by molar-refractivity contribution is -0.123. The molecule has 0 aliphatic heterocycles. The second-order valence-corrected chi connectivity index (χ2v) is 3.88. The van der Waals surface area contributed by atoms with Crippen LogP contribution in [-0.4, -0.2) is 20.5 Å². The maximum Gasteiger partial charge on any atom is 0.137 e. The lowest BCUT2D eigenvalue weighted by Gasteiger charge is -2.11. The molecule has 1 heterocycles. The Balaban J connectivity index is 1.98. The average Bonchev–Trinajstić information content (AvgIpc) is 2.60. The highest BCUT2D eigenvalue weighted by Gasteiger charge is 2.21. The molecular weight excluding hydrogens is 178 g/mol. The molecular formula is C10H15N3O. The van der Waals surface area contributed by atoms with Crippen LogP contribution in [0.1, 0.15) is 32.1 Å². The van der Waals surface area contributed by atoms with Crippen molar-refractivity contribution in [1.29, 1.82) is 0 Å². The zero-order chi connectivity index (χ0) is 9.80. The molecule has 0 saturated heterocycles. The van der Waals surface area contributed by atoms with Crippen LogP contribution >= 0.6 is 0 Å². The molecule has 0 bridgehead atoms. The van der Waals surface area contributed by atoms with Crippen LogP contribution in [0.4, 0.5) is 0 Å². The molecule has 2 rings (SSSR count). The molecule has 4 nitrogen and oxygen atoms in total. The number of carbonyl (C=O) groups is 1. The fraction of sp³-hybridized carbons (Fsp3) is 0.700. The lowest BCUT2D eigenvalue weighted by atomic mass is 9.99. The monoisotopic (exact) mass is 193 g/mol. The van der Waals surface area contributed by atoms with Crippen LogP contribution in [0.3, 0.4) is 0 Å². The third-order valence-corrected chi connectivity index (χ3v) is 2.81. The van der Waals surface area contributed by atoms with Crippen LogP contribution in [0.15, 0.2) is 12.7 Å². The number of nitrogens with zero attached hydrogens (tertiary/aromatic N) is 3. The van der Waals surface area contributed by atoms with E-state index in [4.69, 9.17) is 0 Å². The molecule has 0 amide bonds. The van der Waals surface area contributed by atoms with Gasteiger partial charge in [-0.1, -0.05) is 12.8 Å². The highest BCUT2D eigenvalue weighted by Crippen LogP contribution is 2.20. The Morgan fingerprint density at radius 1 is 1.43 bits per heavy atom. The smallest absolute Gasteiger partial charge is 0.137 e. The van der Waals surface area contributed by atoms with Crippen molar-refractivity contribution in [3.8, 4) is 0 Å². The molecule has 4 heteroatoms. The predicted molar refractivity (Wildman–Crippen MR) is 51.6 cm³/mol. The first-order valence-electron chi connectivity index (χ1n) is 5.21. The molecule has 0 radical (unpaired) electrons. The minimum atomic E-state index is 0.166. The van der Waals surface area contributed by atoms with E-state index in [0.717, 1.165) is 19.3 Å². The fourth-order valence-electron chi connectivity index (χ4n) is 1.98. The third kappa shape index (κ3) is 2.19. The van der Waals surface area contributed by atoms with Gasteiger partial charge in [-0.2, -0.15) is 5.10 Å². The minimum absolute atomic E-state index is 0.166. The van der Waals surface area contributed by atoms with Crippen molar-refractivity contribution in [2.45, 2.75) is 38.6 Å². The normalized spacial score (nSPS) is 23.4. The molecule has 1 fully saturated rings. The Kier molecular flexibility index (Phi) is 2.91. The van der Waals surface area contributed by atoms with Crippen molar-refractivity contribution in [2.24, 2.45) is 5.92 Å². The van der Waals surface area contributed by atoms with E-state index in [1.54, 1.807) is 11.0 Å². The molecule has 1 atom stereocenters. The average molecular weight is 193 g/mol. The minimum Gasteiger partial charge on any atom is -0.299 e. The Morgan fingerprint density at radius 3 is 3.14 bits per heavy atom. The van der Waals surface area contributed by atoms with Gasteiger partial charge in [-0.3, -0.25) is 9.48 Å². The van der Waals surface area contributed by atoms with Gasteiger partial charge in [0.25, 0.3) is 0 Å². The Hall–Kier alpha value is -1.19. The standard InChI is InChI=1S/C10H15N3O/c14-10-5-3-1-2-4-9(10)6-13-8-11-7-12-13/h7-9H,1-6H2/t9-/m1/s1. The molecule has 1 saturated carbocycles. The number of Topliss-reactive ketones (excluding diaryl/α,β-unsaturated/α-hetero) is 1. The largest absolute Gasteiger partial charge is 0.299 e. The van der Waals surface area contributed by atoms with E-state index in [2.05, 4.69) is 10.1 Å². The second kappa shape index (κ2) is 4.35. The van der Waals surface area contributed by atoms with Crippen molar-refractivity contribution in [2.75, 3.05) is 0 Å². The highest BCUT2D eigenvalue weighted by atomic mass is 16.1. The molecule has 1 aliphatic rings. The molecule has 0 N–H and O–H groups in total. The van der Waals surface area contributed by atoms with Crippen molar-refractivity contribution in [3.05, 3.63) is 12.7 Å². The zero-order valence-corrected chi connectivity index (χ0v) is 8.22. The molecule has 14 heavy (non-hydrogen) atoms. The molecule has 0 spiro atoms. The Bertz CT molecular complexity index is 294. The van der Waals surface area contributed by atoms with E-state index in [9.17, 15) is 4.79 Å². The maximum absolute atomic E-state index is 11.7. The van der Waals surface area contributed by atoms with E-state index in [1.165, 1.54) is 19.2 Å². The number of ketones is 1. The number of rotatable bonds is 2. The zero-order valence-electron chi connectivity index (χ0n) is 8.22. The summed E-state index contributed by atoms with van der Waals surface area (Å²) >= 11 is 0. The number of hydrogen-bond donors (Lipinski definition) is 0. The van der Waals surface area contributed by atoms with E-state index < -0.39 is 0 Å². The van der Waals surface area contributed by atoms with E-state index in [0.29, 0.717) is 12.3 Å². The van der Waals surface area contributed by atoms with Crippen LogP contribution in [-0.2, 0) is 11.3 Å². The van der Waals surface area contributed by atoms with Gasteiger partial charge in [0, 0.05) is 12.3 Å². The predicted octanol–water partition coefficient (Wildman–Crippen LogP) is 1.43. The van der Waals surface area contributed by atoms with Gasteiger partial charge < -0.3 is 0 Å². The summed E-state index contributed by atoms with van der Waals surface area (Å²) in [5.74, 6) is 0.567. The molecule has 76 valence electrons. The first kappa shape index (κ1) is 9.37. The second-order valence-electron chi connectivity index (χ2n) is 3.88. The van der Waals surface area contributed by atoms with Crippen molar-refractivity contribution in [1.82, 2.24) is 14.8 Å². The summed E-state index contributed by atoms with van der Waals surface area (Å²) < 4.78 is 1.76. The van der Waals surface area contributed by atoms with Gasteiger partial charge in [0.05, 0.1) is 6.54 Å². The first-order valence-corrected chi connectivity index (χ1v) is 5.21. The number of aromatic nitrogens is 3. The highest BCUT2D eigenvalue weighted by molar-refractivity contribution is 5.81. The van der Waals surface area contributed by atoms with E-state index >= 15 is 0 Å². The topological polar surface area (TPSA) is 47.8 Å². The molecule has 0 aromatic carbocycles. The van der Waals surface area contributed by atoms with Crippen molar-refractivity contribution in [3.63, 3.8) is 0 Å². The number of carbonyl (C=O) groups excluding carboxylic acids is 1. The van der Waals surface area contributed by atoms with Crippen LogP contribution < -0.4 is 0 Å². The summed E-state index contributed by atoms with van der Waals surface area (Å²) in [4.78, 5) is 15.6. The molecule has 1 aromatic rings. The lowest BCUT2D eigenvalue weighted by Crippen LogP contribution is -2.19. The van der Waals surface area contributed by atoms with Crippen molar-refractivity contribution < 1.29 is 4.79 Å². The summed E-state index contributed by atoms with van der Waals surface area (Å²) in [7, 11) is 0. The Labute approximate surface area is 83.3 Å². The van der Waals surface area contributed by atoms with Crippen LogP contribution in [0.25, 0.3) is 0 Å². The van der Waals surface area contributed by atoms with E-state index in [-0.39, 0.29) is 5.92 Å². The van der Waals surface area contributed by atoms with Gasteiger partial charge in [0.1, 0.15) is 18.4 Å².